The molecule has 1 amide bonds. The number of nitrogens with zero attached hydrogens (tertiary/aromatic N) is 1. The molecule has 1 unspecified atom stereocenters. The highest BCUT2D eigenvalue weighted by atomic mass is 16.6. The minimum atomic E-state index is -1.19. The average Bonchev–Trinajstić information content (AvgIpc) is 2.67. The first kappa shape index (κ1) is 17.3. The van der Waals surface area contributed by atoms with Gasteiger partial charge in [0.25, 0.3) is 0 Å². The van der Waals surface area contributed by atoms with Crippen molar-refractivity contribution in [2.45, 2.75) is 51.7 Å². The SMILES string of the molecule is C=CCC1(C(=O)OCC)C(=C)CCN1C(=O)OC(C)(C)C. The predicted octanol–water partition coefficient (Wildman–Crippen LogP) is 3.06. The van der Waals surface area contributed by atoms with E-state index in [0.29, 0.717) is 18.5 Å². The molecular weight excluding hydrogens is 270 g/mol. The lowest BCUT2D eigenvalue weighted by Gasteiger charge is -2.37. The fraction of sp³-hybridized carbons (Fsp3) is 0.625. The molecule has 0 aromatic heterocycles. The Bertz CT molecular complexity index is 450. The quantitative estimate of drug-likeness (QED) is 0.591. The molecule has 0 N–H and O–H groups in total. The summed E-state index contributed by atoms with van der Waals surface area (Å²) in [6, 6.07) is 0. The highest BCUT2D eigenvalue weighted by molar-refractivity contribution is 5.90. The summed E-state index contributed by atoms with van der Waals surface area (Å²) < 4.78 is 10.6. The van der Waals surface area contributed by atoms with E-state index in [-0.39, 0.29) is 13.0 Å². The van der Waals surface area contributed by atoms with Gasteiger partial charge in [-0.1, -0.05) is 12.7 Å². The second-order valence-electron chi connectivity index (χ2n) is 6.06. The maximum Gasteiger partial charge on any atom is 0.411 e. The van der Waals surface area contributed by atoms with Crippen LogP contribution in [0.1, 0.15) is 40.5 Å². The Morgan fingerprint density at radius 1 is 1.43 bits per heavy atom. The van der Waals surface area contributed by atoms with E-state index in [4.69, 9.17) is 9.47 Å². The maximum atomic E-state index is 12.5. The van der Waals surface area contributed by atoms with Crippen molar-refractivity contribution in [3.63, 3.8) is 0 Å². The zero-order valence-electron chi connectivity index (χ0n) is 13.4. The van der Waals surface area contributed by atoms with E-state index in [1.807, 2.05) is 0 Å². The van der Waals surface area contributed by atoms with E-state index in [2.05, 4.69) is 13.2 Å². The minimum Gasteiger partial charge on any atom is -0.464 e. The number of rotatable bonds is 4. The van der Waals surface area contributed by atoms with E-state index in [1.54, 1.807) is 33.8 Å². The Hall–Kier alpha value is -1.78. The van der Waals surface area contributed by atoms with Gasteiger partial charge in [-0.05, 0) is 39.7 Å². The molecule has 0 saturated carbocycles. The van der Waals surface area contributed by atoms with Crippen LogP contribution in [0.3, 0.4) is 0 Å². The number of likely N-dealkylation sites (tertiary alicyclic amines) is 1. The summed E-state index contributed by atoms with van der Waals surface area (Å²) >= 11 is 0. The van der Waals surface area contributed by atoms with Crippen LogP contribution in [0.15, 0.2) is 24.8 Å². The third kappa shape index (κ3) is 3.46. The first-order valence-corrected chi connectivity index (χ1v) is 7.16. The van der Waals surface area contributed by atoms with Crippen LogP contribution >= 0.6 is 0 Å². The van der Waals surface area contributed by atoms with Gasteiger partial charge in [0.15, 0.2) is 5.54 Å². The van der Waals surface area contributed by atoms with Gasteiger partial charge in [-0.2, -0.15) is 0 Å². The molecule has 1 rings (SSSR count). The molecular formula is C16H25NO4. The van der Waals surface area contributed by atoms with Crippen molar-refractivity contribution in [2.24, 2.45) is 0 Å². The Morgan fingerprint density at radius 3 is 2.52 bits per heavy atom. The third-order valence-corrected chi connectivity index (χ3v) is 3.35. The van der Waals surface area contributed by atoms with Crippen LogP contribution in [-0.4, -0.2) is 41.3 Å². The van der Waals surface area contributed by atoms with E-state index in [9.17, 15) is 9.59 Å². The first-order chi connectivity index (χ1) is 9.69. The highest BCUT2D eigenvalue weighted by Crippen LogP contribution is 2.39. The summed E-state index contributed by atoms with van der Waals surface area (Å²) in [6.07, 6.45) is 1.89. The second kappa shape index (κ2) is 6.33. The van der Waals surface area contributed by atoms with Gasteiger partial charge in [-0.25, -0.2) is 9.59 Å². The normalized spacial score (nSPS) is 22.1. The van der Waals surface area contributed by atoms with Crippen LogP contribution < -0.4 is 0 Å². The van der Waals surface area contributed by atoms with Crippen molar-refractivity contribution in [1.82, 2.24) is 4.90 Å². The number of hydrogen-bond donors (Lipinski definition) is 0. The molecule has 1 heterocycles. The lowest BCUT2D eigenvalue weighted by molar-refractivity contribution is -0.153. The molecule has 0 aliphatic carbocycles. The lowest BCUT2D eigenvalue weighted by atomic mass is 9.88. The van der Waals surface area contributed by atoms with Crippen molar-refractivity contribution in [1.29, 1.82) is 0 Å². The maximum absolute atomic E-state index is 12.5. The van der Waals surface area contributed by atoms with Crippen molar-refractivity contribution < 1.29 is 19.1 Å². The predicted molar refractivity (Wildman–Crippen MR) is 80.9 cm³/mol. The zero-order chi connectivity index (χ0) is 16.3. The molecule has 0 bridgehead atoms. The van der Waals surface area contributed by atoms with Gasteiger partial charge >= 0.3 is 12.1 Å². The number of carbonyl (C=O) groups excluding carboxylic acids is 2. The molecule has 5 heteroatoms. The zero-order valence-corrected chi connectivity index (χ0v) is 13.4. The van der Waals surface area contributed by atoms with Crippen molar-refractivity contribution in [2.75, 3.05) is 13.2 Å². The molecule has 21 heavy (non-hydrogen) atoms. The summed E-state index contributed by atoms with van der Waals surface area (Å²) in [5.41, 5.74) is -1.16. The van der Waals surface area contributed by atoms with Gasteiger partial charge < -0.3 is 9.47 Å². The Morgan fingerprint density at radius 2 is 2.05 bits per heavy atom. The van der Waals surface area contributed by atoms with Crippen molar-refractivity contribution >= 4 is 12.1 Å². The van der Waals surface area contributed by atoms with Gasteiger partial charge in [0, 0.05) is 13.0 Å². The number of ether oxygens (including phenoxy) is 2. The molecule has 0 aromatic carbocycles. The largest absolute Gasteiger partial charge is 0.464 e. The van der Waals surface area contributed by atoms with E-state index in [0.717, 1.165) is 0 Å². The van der Waals surface area contributed by atoms with Crippen LogP contribution in [0, 0.1) is 0 Å². The number of hydrogen-bond acceptors (Lipinski definition) is 4. The van der Waals surface area contributed by atoms with Gasteiger partial charge in [0.1, 0.15) is 5.60 Å². The molecule has 5 nitrogen and oxygen atoms in total. The van der Waals surface area contributed by atoms with Gasteiger partial charge in [0.2, 0.25) is 0 Å². The van der Waals surface area contributed by atoms with E-state index < -0.39 is 23.2 Å². The molecule has 0 radical (unpaired) electrons. The summed E-state index contributed by atoms with van der Waals surface area (Å²) in [7, 11) is 0. The molecule has 0 aromatic rings. The monoisotopic (exact) mass is 295 g/mol. The first-order valence-electron chi connectivity index (χ1n) is 7.16. The summed E-state index contributed by atoms with van der Waals surface area (Å²) in [6.45, 7) is 15.4. The molecule has 0 spiro atoms. The Labute approximate surface area is 126 Å². The van der Waals surface area contributed by atoms with Crippen LogP contribution in [0.25, 0.3) is 0 Å². The van der Waals surface area contributed by atoms with Gasteiger partial charge in [-0.3, -0.25) is 4.90 Å². The van der Waals surface area contributed by atoms with Crippen LogP contribution in [0.2, 0.25) is 0 Å². The van der Waals surface area contributed by atoms with Crippen LogP contribution in [-0.2, 0) is 14.3 Å². The smallest absolute Gasteiger partial charge is 0.411 e. The number of esters is 1. The van der Waals surface area contributed by atoms with Crippen molar-refractivity contribution in [3.8, 4) is 0 Å². The van der Waals surface area contributed by atoms with Gasteiger partial charge in [-0.15, -0.1) is 6.58 Å². The van der Waals surface area contributed by atoms with Crippen LogP contribution in [0.4, 0.5) is 4.79 Å². The topological polar surface area (TPSA) is 55.8 Å². The second-order valence-corrected chi connectivity index (χ2v) is 6.06. The fourth-order valence-corrected chi connectivity index (χ4v) is 2.45. The number of carbonyl (C=O) groups is 2. The Balaban J connectivity index is 3.16. The molecule has 1 aliphatic heterocycles. The average molecular weight is 295 g/mol. The highest BCUT2D eigenvalue weighted by Gasteiger charge is 2.53. The molecule has 1 atom stereocenters. The molecule has 1 aliphatic rings. The summed E-state index contributed by atoms with van der Waals surface area (Å²) in [4.78, 5) is 26.3. The van der Waals surface area contributed by atoms with Crippen molar-refractivity contribution in [3.05, 3.63) is 24.8 Å². The molecule has 1 fully saturated rings. The van der Waals surface area contributed by atoms with Crippen LogP contribution in [0.5, 0.6) is 0 Å². The third-order valence-electron chi connectivity index (χ3n) is 3.35. The lowest BCUT2D eigenvalue weighted by Crippen LogP contribution is -2.55. The summed E-state index contributed by atoms with van der Waals surface area (Å²) in [5.74, 6) is -0.474. The van der Waals surface area contributed by atoms with E-state index >= 15 is 0 Å². The van der Waals surface area contributed by atoms with Gasteiger partial charge in [0.05, 0.1) is 6.61 Å². The molecule has 1 saturated heterocycles. The van der Waals surface area contributed by atoms with E-state index in [1.165, 1.54) is 4.90 Å². The molecule has 118 valence electrons. The Kier molecular flexibility index (Phi) is 5.20. The minimum absolute atomic E-state index is 0.243. The standard InChI is InChI=1S/C16H25NO4/c1-7-10-16(13(18)20-8-2)12(3)9-11-17(16)14(19)21-15(4,5)6/h7H,1,3,8-11H2,2,4-6H3. The fourth-order valence-electron chi connectivity index (χ4n) is 2.45. The number of amides is 1. The summed E-state index contributed by atoms with van der Waals surface area (Å²) in [5, 5.41) is 0.